The van der Waals surface area contributed by atoms with Crippen LogP contribution in [0.5, 0.6) is 0 Å². The molecule has 2 atom stereocenters. The number of methoxy groups -OCH3 is 1. The van der Waals surface area contributed by atoms with Gasteiger partial charge in [0.2, 0.25) is 0 Å². The average molecular weight is 380 g/mol. The largest absolute Gasteiger partial charge is 0.383 e. The number of tetrazole rings is 1. The second kappa shape index (κ2) is 9.12. The lowest BCUT2D eigenvalue weighted by Gasteiger charge is -2.28. The first-order chi connectivity index (χ1) is 13.9. The van der Waals surface area contributed by atoms with E-state index in [0.29, 0.717) is 19.1 Å². The molecule has 0 bridgehead atoms. The molecule has 0 saturated heterocycles. The summed E-state index contributed by atoms with van der Waals surface area (Å²) in [6.07, 6.45) is 11.0. The quantitative estimate of drug-likeness (QED) is 0.558. The molecule has 3 aromatic rings. The molecule has 2 heterocycles. The molecule has 28 heavy (non-hydrogen) atoms. The number of aromatic amines is 1. The first kappa shape index (κ1) is 18.8. The van der Waals surface area contributed by atoms with E-state index >= 15 is 0 Å². The Kier molecular flexibility index (Phi) is 6.14. The van der Waals surface area contributed by atoms with Crippen molar-refractivity contribution in [2.75, 3.05) is 20.3 Å². The molecule has 1 aromatic carbocycles. The highest BCUT2D eigenvalue weighted by Crippen LogP contribution is 2.30. The van der Waals surface area contributed by atoms with E-state index in [9.17, 15) is 0 Å². The van der Waals surface area contributed by atoms with Gasteiger partial charge in [0.05, 0.1) is 19.2 Å². The van der Waals surface area contributed by atoms with Crippen LogP contribution in [0.1, 0.15) is 36.7 Å². The monoisotopic (exact) mass is 380 g/mol. The van der Waals surface area contributed by atoms with Crippen molar-refractivity contribution in [1.82, 2.24) is 30.5 Å². The summed E-state index contributed by atoms with van der Waals surface area (Å²) in [5, 5.41) is 17.5. The molecule has 0 amide bonds. The highest BCUT2D eigenvalue weighted by molar-refractivity contribution is 5.83. The van der Waals surface area contributed by atoms with E-state index in [4.69, 9.17) is 4.74 Å². The van der Waals surface area contributed by atoms with Crippen molar-refractivity contribution >= 4 is 10.9 Å². The van der Waals surface area contributed by atoms with Gasteiger partial charge in [-0.25, -0.2) is 4.68 Å². The van der Waals surface area contributed by atoms with E-state index in [1.807, 2.05) is 4.68 Å². The SMILES string of the molecule is COCCn1nnnc1C(NCCc1c[nH]c2ccccc12)C1CC=CCC1. The summed E-state index contributed by atoms with van der Waals surface area (Å²) >= 11 is 0. The van der Waals surface area contributed by atoms with Gasteiger partial charge in [-0.15, -0.1) is 5.10 Å². The lowest BCUT2D eigenvalue weighted by Crippen LogP contribution is -2.33. The topological polar surface area (TPSA) is 80.7 Å². The van der Waals surface area contributed by atoms with Gasteiger partial charge < -0.3 is 15.0 Å². The molecular weight excluding hydrogens is 352 g/mol. The number of aromatic nitrogens is 5. The van der Waals surface area contributed by atoms with Gasteiger partial charge in [-0.1, -0.05) is 30.4 Å². The van der Waals surface area contributed by atoms with Gasteiger partial charge in [0, 0.05) is 24.2 Å². The third-order valence-electron chi connectivity index (χ3n) is 5.56. The number of nitrogens with one attached hydrogen (secondary N) is 2. The normalized spacial score (nSPS) is 18.0. The van der Waals surface area contributed by atoms with Crippen molar-refractivity contribution in [3.8, 4) is 0 Å². The van der Waals surface area contributed by atoms with Crippen LogP contribution in [0.15, 0.2) is 42.6 Å². The zero-order valence-electron chi connectivity index (χ0n) is 16.3. The predicted molar refractivity (Wildman–Crippen MR) is 109 cm³/mol. The van der Waals surface area contributed by atoms with Crippen LogP contribution in [0, 0.1) is 5.92 Å². The van der Waals surface area contributed by atoms with E-state index in [0.717, 1.165) is 38.1 Å². The number of rotatable bonds is 9. The lowest BCUT2D eigenvalue weighted by molar-refractivity contribution is 0.179. The maximum Gasteiger partial charge on any atom is 0.168 e. The molecule has 0 fully saturated rings. The third-order valence-corrected chi connectivity index (χ3v) is 5.56. The molecule has 2 unspecified atom stereocenters. The molecule has 7 heteroatoms. The predicted octanol–water partition coefficient (Wildman–Crippen LogP) is 3.03. The molecule has 0 spiro atoms. The van der Waals surface area contributed by atoms with Crippen LogP contribution < -0.4 is 5.32 Å². The number of ether oxygens (including phenoxy) is 1. The molecular formula is C21H28N6O. The minimum atomic E-state index is 0.141. The molecule has 2 aromatic heterocycles. The Balaban J connectivity index is 1.48. The Morgan fingerprint density at radius 2 is 2.25 bits per heavy atom. The number of hydrogen-bond acceptors (Lipinski definition) is 5. The fourth-order valence-corrected chi connectivity index (χ4v) is 4.06. The van der Waals surface area contributed by atoms with Crippen molar-refractivity contribution in [2.24, 2.45) is 5.92 Å². The molecule has 7 nitrogen and oxygen atoms in total. The number of fused-ring (bicyclic) bond motifs is 1. The standard InChI is InChI=1S/C21H28N6O/c1-28-14-13-27-21(24-25-26-27)20(16-7-3-2-4-8-16)22-12-11-17-15-23-19-10-6-5-9-18(17)19/h2-3,5-6,9-10,15-16,20,22-23H,4,7-8,11-14H2,1H3. The number of para-hydroxylation sites is 1. The highest BCUT2D eigenvalue weighted by Gasteiger charge is 2.28. The zero-order valence-corrected chi connectivity index (χ0v) is 16.3. The fourth-order valence-electron chi connectivity index (χ4n) is 4.06. The van der Waals surface area contributed by atoms with E-state index < -0.39 is 0 Å². The van der Waals surface area contributed by atoms with E-state index in [1.54, 1.807) is 7.11 Å². The van der Waals surface area contributed by atoms with Crippen LogP contribution in [0.25, 0.3) is 10.9 Å². The van der Waals surface area contributed by atoms with Crippen LogP contribution >= 0.6 is 0 Å². The Hall–Kier alpha value is -2.51. The molecule has 148 valence electrons. The maximum absolute atomic E-state index is 5.21. The molecule has 1 aliphatic carbocycles. The van der Waals surface area contributed by atoms with Crippen molar-refractivity contribution in [3.05, 3.63) is 54.0 Å². The van der Waals surface area contributed by atoms with Crippen molar-refractivity contribution in [1.29, 1.82) is 0 Å². The van der Waals surface area contributed by atoms with Crippen molar-refractivity contribution in [3.63, 3.8) is 0 Å². The van der Waals surface area contributed by atoms with Crippen LogP contribution in [0.2, 0.25) is 0 Å². The summed E-state index contributed by atoms with van der Waals surface area (Å²) in [7, 11) is 1.70. The minimum absolute atomic E-state index is 0.141. The van der Waals surface area contributed by atoms with Crippen LogP contribution in [-0.4, -0.2) is 45.5 Å². The van der Waals surface area contributed by atoms with Crippen LogP contribution in [0.4, 0.5) is 0 Å². The van der Waals surface area contributed by atoms with Gasteiger partial charge >= 0.3 is 0 Å². The van der Waals surface area contributed by atoms with Crippen molar-refractivity contribution < 1.29 is 4.74 Å². The summed E-state index contributed by atoms with van der Waals surface area (Å²) in [6, 6.07) is 8.59. The van der Waals surface area contributed by atoms with Gasteiger partial charge in [0.25, 0.3) is 0 Å². The van der Waals surface area contributed by atoms with E-state index in [2.05, 4.69) is 68.4 Å². The van der Waals surface area contributed by atoms with E-state index in [1.165, 1.54) is 16.5 Å². The molecule has 0 aliphatic heterocycles. The Morgan fingerprint density at radius 3 is 3.11 bits per heavy atom. The highest BCUT2D eigenvalue weighted by atomic mass is 16.5. The summed E-state index contributed by atoms with van der Waals surface area (Å²) in [4.78, 5) is 3.36. The summed E-state index contributed by atoms with van der Waals surface area (Å²) < 4.78 is 7.10. The molecule has 4 rings (SSSR count). The average Bonchev–Trinajstić information content (AvgIpc) is 3.37. The fraction of sp³-hybridized carbons (Fsp3) is 0.476. The smallest absolute Gasteiger partial charge is 0.168 e. The Bertz CT molecular complexity index is 914. The maximum atomic E-state index is 5.21. The first-order valence-corrected chi connectivity index (χ1v) is 10.0. The number of H-pyrrole nitrogens is 1. The second-order valence-corrected chi connectivity index (χ2v) is 7.34. The Labute approximate surface area is 165 Å². The third kappa shape index (κ3) is 4.15. The van der Waals surface area contributed by atoms with Gasteiger partial charge in [0.1, 0.15) is 0 Å². The number of nitrogens with zero attached hydrogens (tertiary/aromatic N) is 4. The second-order valence-electron chi connectivity index (χ2n) is 7.34. The van der Waals surface area contributed by atoms with Gasteiger partial charge in [-0.05, 0) is 60.2 Å². The van der Waals surface area contributed by atoms with Crippen molar-refractivity contribution in [2.45, 2.75) is 38.3 Å². The number of allylic oxidation sites excluding steroid dienone is 2. The molecule has 2 N–H and O–H groups in total. The van der Waals surface area contributed by atoms with Gasteiger partial charge in [-0.2, -0.15) is 0 Å². The summed E-state index contributed by atoms with van der Waals surface area (Å²) in [6.45, 7) is 2.15. The van der Waals surface area contributed by atoms with Gasteiger partial charge in [0.15, 0.2) is 5.82 Å². The van der Waals surface area contributed by atoms with Crippen LogP contribution in [-0.2, 0) is 17.7 Å². The molecule has 0 saturated carbocycles. The summed E-state index contributed by atoms with van der Waals surface area (Å²) in [5.74, 6) is 1.41. The number of benzene rings is 1. The van der Waals surface area contributed by atoms with E-state index in [-0.39, 0.29) is 6.04 Å². The molecule has 0 radical (unpaired) electrons. The minimum Gasteiger partial charge on any atom is -0.383 e. The first-order valence-electron chi connectivity index (χ1n) is 10.0. The molecule has 1 aliphatic rings. The zero-order chi connectivity index (χ0) is 19.2. The van der Waals surface area contributed by atoms with Crippen LogP contribution in [0.3, 0.4) is 0 Å². The Morgan fingerprint density at radius 1 is 1.32 bits per heavy atom. The summed E-state index contributed by atoms with van der Waals surface area (Å²) in [5.41, 5.74) is 2.53. The van der Waals surface area contributed by atoms with Gasteiger partial charge in [-0.3, -0.25) is 0 Å². The number of hydrogen-bond donors (Lipinski definition) is 2. The lowest BCUT2D eigenvalue weighted by atomic mass is 9.87.